The Bertz CT molecular complexity index is 259. The fourth-order valence-electron chi connectivity index (χ4n) is 1.10. The van der Waals surface area contributed by atoms with Crippen LogP contribution in [-0.4, -0.2) is 44.3 Å². The van der Waals surface area contributed by atoms with Gasteiger partial charge < -0.3 is 20.4 Å². The first-order valence-electron chi connectivity index (χ1n) is 6.13. The molecule has 0 rings (SSSR count). The first-order chi connectivity index (χ1) is 9.25. The molecular formula is C12H20O8. The van der Waals surface area contributed by atoms with Gasteiger partial charge in [0.1, 0.15) is 0 Å². The monoisotopic (exact) mass is 292 g/mol. The van der Waals surface area contributed by atoms with Gasteiger partial charge in [-0.1, -0.05) is 0 Å². The first kappa shape index (κ1) is 20.2. The zero-order chi connectivity index (χ0) is 16.0. The van der Waals surface area contributed by atoms with Crippen LogP contribution >= 0.6 is 0 Å². The number of hydrogen-bond donors (Lipinski definition) is 4. The normalized spacial score (nSPS) is 9.20. The smallest absolute Gasteiger partial charge is 0.303 e. The van der Waals surface area contributed by atoms with Crippen molar-refractivity contribution < 1.29 is 39.6 Å². The van der Waals surface area contributed by atoms with E-state index in [0.717, 1.165) is 0 Å². The van der Waals surface area contributed by atoms with Crippen LogP contribution in [0.15, 0.2) is 0 Å². The average Bonchev–Trinajstić information content (AvgIpc) is 2.30. The van der Waals surface area contributed by atoms with Crippen LogP contribution in [0.3, 0.4) is 0 Å². The van der Waals surface area contributed by atoms with Gasteiger partial charge >= 0.3 is 23.9 Å². The zero-order valence-electron chi connectivity index (χ0n) is 11.1. The van der Waals surface area contributed by atoms with E-state index in [1.807, 2.05) is 0 Å². The molecule has 0 radical (unpaired) electrons. The van der Waals surface area contributed by atoms with Gasteiger partial charge in [0.25, 0.3) is 0 Å². The summed E-state index contributed by atoms with van der Waals surface area (Å²) in [5.74, 6) is -3.48. The molecule has 0 amide bonds. The van der Waals surface area contributed by atoms with Gasteiger partial charge in [-0.25, -0.2) is 0 Å². The van der Waals surface area contributed by atoms with Crippen LogP contribution in [0.5, 0.6) is 0 Å². The van der Waals surface area contributed by atoms with E-state index >= 15 is 0 Å². The highest BCUT2D eigenvalue weighted by Gasteiger charge is 1.99. The lowest BCUT2D eigenvalue weighted by Gasteiger charge is -1.92. The fraction of sp³-hybridized carbons (Fsp3) is 0.667. The van der Waals surface area contributed by atoms with Crippen molar-refractivity contribution in [2.24, 2.45) is 0 Å². The van der Waals surface area contributed by atoms with Gasteiger partial charge in [-0.2, -0.15) is 0 Å². The highest BCUT2D eigenvalue weighted by molar-refractivity contribution is 5.68. The van der Waals surface area contributed by atoms with Crippen LogP contribution in [-0.2, 0) is 19.2 Å². The van der Waals surface area contributed by atoms with Crippen LogP contribution in [0.25, 0.3) is 0 Å². The molecule has 4 N–H and O–H groups in total. The molecular weight excluding hydrogens is 272 g/mol. The number of carboxylic acid groups (broad SMARTS) is 4. The third-order valence-corrected chi connectivity index (χ3v) is 2.06. The Morgan fingerprint density at radius 1 is 0.450 bits per heavy atom. The van der Waals surface area contributed by atoms with Crippen LogP contribution in [0.4, 0.5) is 0 Å². The summed E-state index contributed by atoms with van der Waals surface area (Å²) in [5, 5.41) is 32.5. The molecule has 20 heavy (non-hydrogen) atoms. The third kappa shape index (κ3) is 24.9. The minimum Gasteiger partial charge on any atom is -0.481 e. The molecule has 0 aromatic heterocycles. The minimum atomic E-state index is -0.870. The molecule has 116 valence electrons. The van der Waals surface area contributed by atoms with Gasteiger partial charge in [0.15, 0.2) is 0 Å². The zero-order valence-corrected chi connectivity index (χ0v) is 11.1. The van der Waals surface area contributed by atoms with E-state index in [-0.39, 0.29) is 25.7 Å². The molecule has 0 unspecified atom stereocenters. The summed E-state index contributed by atoms with van der Waals surface area (Å²) in [6, 6.07) is 0. The summed E-state index contributed by atoms with van der Waals surface area (Å²) in [4.78, 5) is 39.6. The van der Waals surface area contributed by atoms with Crippen LogP contribution < -0.4 is 0 Å². The van der Waals surface area contributed by atoms with E-state index in [1.165, 1.54) is 0 Å². The SMILES string of the molecule is O=C(O)CCCCC(=O)O.O=C(O)CCCCC(=O)O. The molecule has 0 aliphatic heterocycles. The summed E-state index contributed by atoms with van der Waals surface area (Å²) >= 11 is 0. The maximum atomic E-state index is 9.90. The van der Waals surface area contributed by atoms with Crippen molar-refractivity contribution in [2.45, 2.75) is 51.4 Å². The van der Waals surface area contributed by atoms with Crippen LogP contribution in [0, 0.1) is 0 Å². The Balaban J connectivity index is 0. The lowest BCUT2D eigenvalue weighted by atomic mass is 10.2. The van der Waals surface area contributed by atoms with E-state index in [0.29, 0.717) is 25.7 Å². The second-order valence-corrected chi connectivity index (χ2v) is 3.99. The van der Waals surface area contributed by atoms with Gasteiger partial charge in [-0.3, -0.25) is 19.2 Å². The molecule has 0 aliphatic rings. The van der Waals surface area contributed by atoms with E-state index in [9.17, 15) is 19.2 Å². The summed E-state index contributed by atoms with van der Waals surface area (Å²) in [5.41, 5.74) is 0. The molecule has 0 atom stereocenters. The molecule has 8 nitrogen and oxygen atoms in total. The second-order valence-electron chi connectivity index (χ2n) is 3.99. The molecule has 0 aromatic rings. The first-order valence-corrected chi connectivity index (χ1v) is 6.13. The van der Waals surface area contributed by atoms with Crippen molar-refractivity contribution in [1.82, 2.24) is 0 Å². The van der Waals surface area contributed by atoms with Crippen molar-refractivity contribution in [3.63, 3.8) is 0 Å². The van der Waals surface area contributed by atoms with Crippen molar-refractivity contribution in [1.29, 1.82) is 0 Å². The molecule has 0 fully saturated rings. The van der Waals surface area contributed by atoms with Gasteiger partial charge in [0.2, 0.25) is 0 Å². The summed E-state index contributed by atoms with van der Waals surface area (Å²) in [6.45, 7) is 0. The number of hydrogen-bond acceptors (Lipinski definition) is 4. The molecule has 0 aromatic carbocycles. The molecule has 0 saturated carbocycles. The lowest BCUT2D eigenvalue weighted by Crippen LogP contribution is -1.97. The van der Waals surface area contributed by atoms with E-state index in [1.54, 1.807) is 0 Å². The summed E-state index contributed by atoms with van der Waals surface area (Å²) < 4.78 is 0. The van der Waals surface area contributed by atoms with Crippen LogP contribution in [0.2, 0.25) is 0 Å². The molecule has 8 heteroatoms. The van der Waals surface area contributed by atoms with Gasteiger partial charge in [0, 0.05) is 25.7 Å². The Morgan fingerprint density at radius 3 is 0.700 bits per heavy atom. The average molecular weight is 292 g/mol. The Kier molecular flexibility index (Phi) is 13.4. The highest BCUT2D eigenvalue weighted by Crippen LogP contribution is 1.99. The lowest BCUT2D eigenvalue weighted by molar-refractivity contribution is -0.139. The predicted octanol–water partition coefficient (Wildman–Crippen LogP) is 1.43. The number of carboxylic acids is 4. The molecule has 0 aliphatic carbocycles. The standard InChI is InChI=1S/2C6H10O4/c2*7-5(8)3-1-2-4-6(9)10/h2*1-4H2,(H,7,8)(H,9,10). The molecule has 0 spiro atoms. The highest BCUT2D eigenvalue weighted by atomic mass is 16.4. The van der Waals surface area contributed by atoms with Crippen molar-refractivity contribution >= 4 is 23.9 Å². The van der Waals surface area contributed by atoms with Crippen molar-refractivity contribution in [3.8, 4) is 0 Å². The second kappa shape index (κ2) is 13.3. The number of aliphatic carboxylic acids is 4. The summed E-state index contributed by atoms with van der Waals surface area (Å²) in [7, 11) is 0. The predicted molar refractivity (Wildman–Crippen MR) is 67.5 cm³/mol. The number of unbranched alkanes of at least 4 members (excludes halogenated alkanes) is 2. The van der Waals surface area contributed by atoms with Gasteiger partial charge in [-0.15, -0.1) is 0 Å². The topological polar surface area (TPSA) is 149 Å². The van der Waals surface area contributed by atoms with E-state index in [2.05, 4.69) is 0 Å². The molecule has 0 heterocycles. The van der Waals surface area contributed by atoms with Gasteiger partial charge in [0.05, 0.1) is 0 Å². The largest absolute Gasteiger partial charge is 0.481 e. The number of carbonyl (C=O) groups is 4. The summed E-state index contributed by atoms with van der Waals surface area (Å²) in [6.07, 6.45) is 2.04. The minimum absolute atomic E-state index is 0.0628. The number of rotatable bonds is 10. The third-order valence-electron chi connectivity index (χ3n) is 2.06. The maximum absolute atomic E-state index is 9.90. The van der Waals surface area contributed by atoms with E-state index < -0.39 is 23.9 Å². The quantitative estimate of drug-likeness (QED) is 0.442. The Morgan fingerprint density at radius 2 is 0.600 bits per heavy atom. The van der Waals surface area contributed by atoms with Gasteiger partial charge in [-0.05, 0) is 25.7 Å². The van der Waals surface area contributed by atoms with Crippen molar-refractivity contribution in [3.05, 3.63) is 0 Å². The Labute approximate surface area is 116 Å². The maximum Gasteiger partial charge on any atom is 0.303 e. The van der Waals surface area contributed by atoms with Crippen LogP contribution in [0.1, 0.15) is 51.4 Å². The Hall–Kier alpha value is -2.12. The molecule has 0 saturated heterocycles. The molecule has 0 bridgehead atoms. The fourth-order valence-corrected chi connectivity index (χ4v) is 1.10. The van der Waals surface area contributed by atoms with E-state index in [4.69, 9.17) is 20.4 Å². The van der Waals surface area contributed by atoms with Crippen molar-refractivity contribution in [2.75, 3.05) is 0 Å².